The van der Waals surface area contributed by atoms with Crippen molar-refractivity contribution in [2.45, 2.75) is 12.5 Å². The Balaban J connectivity index is 1.85. The van der Waals surface area contributed by atoms with E-state index in [1.807, 2.05) is 6.07 Å². The Morgan fingerprint density at radius 3 is 3.00 bits per heavy atom. The summed E-state index contributed by atoms with van der Waals surface area (Å²) < 4.78 is 5.38. The molecule has 1 saturated heterocycles. The van der Waals surface area contributed by atoms with E-state index in [4.69, 9.17) is 9.78 Å². The SMILES string of the molecule is CN1CCCN(C)C(c2noc(-c3ccc(C#N)s3)n2)C1. The second-order valence-electron chi connectivity index (χ2n) is 5.35. The number of nitrogens with zero attached hydrogens (tertiary/aromatic N) is 5. The molecule has 1 aliphatic heterocycles. The summed E-state index contributed by atoms with van der Waals surface area (Å²) in [5, 5.41) is 13.0. The highest BCUT2D eigenvalue weighted by molar-refractivity contribution is 7.15. The highest BCUT2D eigenvalue weighted by Gasteiger charge is 2.26. The number of aromatic nitrogens is 2. The summed E-state index contributed by atoms with van der Waals surface area (Å²) in [6, 6.07) is 5.89. The summed E-state index contributed by atoms with van der Waals surface area (Å²) in [5.74, 6) is 1.21. The molecule has 3 rings (SSSR count). The molecule has 0 radical (unpaired) electrons. The minimum atomic E-state index is 0.144. The average Bonchev–Trinajstić information content (AvgIpc) is 3.10. The Labute approximate surface area is 127 Å². The molecular weight excluding hydrogens is 286 g/mol. The summed E-state index contributed by atoms with van der Waals surface area (Å²) >= 11 is 1.37. The number of nitriles is 1. The molecule has 0 aliphatic carbocycles. The van der Waals surface area contributed by atoms with E-state index in [1.54, 1.807) is 6.07 Å². The van der Waals surface area contributed by atoms with Crippen molar-refractivity contribution < 1.29 is 4.52 Å². The Morgan fingerprint density at radius 1 is 1.38 bits per heavy atom. The minimum absolute atomic E-state index is 0.144. The summed E-state index contributed by atoms with van der Waals surface area (Å²) in [7, 11) is 4.21. The molecule has 2 aromatic rings. The Morgan fingerprint density at radius 2 is 2.24 bits per heavy atom. The van der Waals surface area contributed by atoms with Gasteiger partial charge in [-0.3, -0.25) is 4.90 Å². The maximum absolute atomic E-state index is 8.88. The van der Waals surface area contributed by atoms with Crippen LogP contribution in [-0.4, -0.2) is 53.7 Å². The van der Waals surface area contributed by atoms with E-state index in [-0.39, 0.29) is 6.04 Å². The van der Waals surface area contributed by atoms with Gasteiger partial charge in [-0.25, -0.2) is 0 Å². The predicted octanol–water partition coefficient (Wildman–Crippen LogP) is 1.98. The van der Waals surface area contributed by atoms with Crippen molar-refractivity contribution in [3.63, 3.8) is 0 Å². The van der Waals surface area contributed by atoms with Crippen molar-refractivity contribution in [3.8, 4) is 16.8 Å². The molecule has 21 heavy (non-hydrogen) atoms. The maximum Gasteiger partial charge on any atom is 0.268 e. The van der Waals surface area contributed by atoms with Crippen LogP contribution in [0.2, 0.25) is 0 Å². The Hall–Kier alpha value is -1.75. The molecule has 0 N–H and O–H groups in total. The Bertz CT molecular complexity index is 658. The highest BCUT2D eigenvalue weighted by Crippen LogP contribution is 2.28. The normalized spacial score (nSPS) is 21.1. The van der Waals surface area contributed by atoms with Crippen LogP contribution in [0.25, 0.3) is 10.8 Å². The van der Waals surface area contributed by atoms with Gasteiger partial charge in [0, 0.05) is 6.54 Å². The molecule has 3 heterocycles. The first-order valence-electron chi connectivity index (χ1n) is 6.90. The van der Waals surface area contributed by atoms with Crippen molar-refractivity contribution in [2.24, 2.45) is 0 Å². The summed E-state index contributed by atoms with van der Waals surface area (Å²) in [5.41, 5.74) is 0. The van der Waals surface area contributed by atoms with E-state index in [0.717, 1.165) is 30.9 Å². The molecule has 1 atom stereocenters. The highest BCUT2D eigenvalue weighted by atomic mass is 32.1. The van der Waals surface area contributed by atoms with E-state index in [1.165, 1.54) is 11.3 Å². The van der Waals surface area contributed by atoms with E-state index in [9.17, 15) is 0 Å². The van der Waals surface area contributed by atoms with Crippen molar-refractivity contribution in [1.82, 2.24) is 19.9 Å². The summed E-state index contributed by atoms with van der Waals surface area (Å²) in [6.45, 7) is 3.00. The number of hydrogen-bond acceptors (Lipinski definition) is 7. The van der Waals surface area contributed by atoms with Gasteiger partial charge in [-0.1, -0.05) is 5.16 Å². The zero-order valence-electron chi connectivity index (χ0n) is 12.1. The molecule has 0 spiro atoms. The number of thiophene rings is 1. The monoisotopic (exact) mass is 303 g/mol. The van der Waals surface area contributed by atoms with Crippen LogP contribution in [0.15, 0.2) is 16.7 Å². The molecule has 1 fully saturated rings. The first-order chi connectivity index (χ1) is 10.2. The van der Waals surface area contributed by atoms with E-state index in [2.05, 4.69) is 40.1 Å². The fourth-order valence-corrected chi connectivity index (χ4v) is 3.26. The van der Waals surface area contributed by atoms with Crippen LogP contribution < -0.4 is 0 Å². The molecule has 6 nitrogen and oxygen atoms in total. The lowest BCUT2D eigenvalue weighted by Gasteiger charge is -2.24. The minimum Gasteiger partial charge on any atom is -0.333 e. The molecule has 110 valence electrons. The lowest BCUT2D eigenvalue weighted by atomic mass is 10.2. The number of hydrogen-bond donors (Lipinski definition) is 0. The average molecular weight is 303 g/mol. The molecule has 1 aliphatic rings. The van der Waals surface area contributed by atoms with E-state index >= 15 is 0 Å². The van der Waals surface area contributed by atoms with Crippen LogP contribution in [0.1, 0.15) is 23.2 Å². The lowest BCUT2D eigenvalue weighted by molar-refractivity contribution is 0.215. The van der Waals surface area contributed by atoms with Gasteiger partial charge < -0.3 is 9.42 Å². The summed E-state index contributed by atoms with van der Waals surface area (Å²) in [4.78, 5) is 10.6. The molecular formula is C14H17N5OS. The van der Waals surface area contributed by atoms with Gasteiger partial charge in [0.1, 0.15) is 10.9 Å². The van der Waals surface area contributed by atoms with Crippen LogP contribution in [0.5, 0.6) is 0 Å². The summed E-state index contributed by atoms with van der Waals surface area (Å²) in [6.07, 6.45) is 1.14. The van der Waals surface area contributed by atoms with Gasteiger partial charge >= 0.3 is 0 Å². The van der Waals surface area contributed by atoms with Gasteiger partial charge in [0.15, 0.2) is 5.82 Å². The van der Waals surface area contributed by atoms with Crippen molar-refractivity contribution in [3.05, 3.63) is 22.8 Å². The zero-order valence-corrected chi connectivity index (χ0v) is 12.9. The molecule has 0 amide bonds. The second-order valence-corrected chi connectivity index (χ2v) is 6.43. The second kappa shape index (κ2) is 5.93. The molecule has 7 heteroatoms. The van der Waals surface area contributed by atoms with Crippen molar-refractivity contribution in [1.29, 1.82) is 5.26 Å². The van der Waals surface area contributed by atoms with Gasteiger partial charge in [0.25, 0.3) is 5.89 Å². The first-order valence-corrected chi connectivity index (χ1v) is 7.71. The smallest absolute Gasteiger partial charge is 0.268 e. The van der Waals surface area contributed by atoms with Crippen LogP contribution in [0.3, 0.4) is 0 Å². The molecule has 1 unspecified atom stereocenters. The third-order valence-corrected chi connectivity index (χ3v) is 4.71. The van der Waals surface area contributed by atoms with Gasteiger partial charge in [0.2, 0.25) is 0 Å². The third-order valence-electron chi connectivity index (χ3n) is 3.73. The third kappa shape index (κ3) is 2.97. The quantitative estimate of drug-likeness (QED) is 0.845. The van der Waals surface area contributed by atoms with E-state index in [0.29, 0.717) is 16.6 Å². The van der Waals surface area contributed by atoms with Gasteiger partial charge in [-0.05, 0) is 45.7 Å². The lowest BCUT2D eigenvalue weighted by Crippen LogP contribution is -2.31. The van der Waals surface area contributed by atoms with Crippen LogP contribution in [0, 0.1) is 11.3 Å². The van der Waals surface area contributed by atoms with Crippen molar-refractivity contribution in [2.75, 3.05) is 33.7 Å². The zero-order chi connectivity index (χ0) is 14.8. The molecule has 0 saturated carbocycles. The molecule has 0 bridgehead atoms. The standard InChI is InChI=1S/C14H17N5OS/c1-18-6-3-7-19(2)11(9-18)13-16-14(20-17-13)12-5-4-10(8-15)21-12/h4-5,11H,3,6-7,9H2,1-2H3. The molecule has 2 aromatic heterocycles. The Kier molecular flexibility index (Phi) is 4.01. The first kappa shape index (κ1) is 14.2. The molecule has 0 aromatic carbocycles. The van der Waals surface area contributed by atoms with Gasteiger partial charge in [-0.2, -0.15) is 10.2 Å². The van der Waals surface area contributed by atoms with E-state index < -0.39 is 0 Å². The van der Waals surface area contributed by atoms with Crippen LogP contribution in [0.4, 0.5) is 0 Å². The fourth-order valence-electron chi connectivity index (χ4n) is 2.53. The number of likely N-dealkylation sites (N-methyl/N-ethyl adjacent to an activating group) is 2. The van der Waals surface area contributed by atoms with Crippen LogP contribution in [-0.2, 0) is 0 Å². The largest absolute Gasteiger partial charge is 0.333 e. The van der Waals surface area contributed by atoms with Gasteiger partial charge in [-0.15, -0.1) is 11.3 Å². The van der Waals surface area contributed by atoms with Crippen molar-refractivity contribution >= 4 is 11.3 Å². The maximum atomic E-state index is 8.88. The van der Waals surface area contributed by atoms with Gasteiger partial charge in [0.05, 0.1) is 10.9 Å². The number of rotatable bonds is 2. The van der Waals surface area contributed by atoms with Crippen LogP contribution >= 0.6 is 11.3 Å². The topological polar surface area (TPSA) is 69.2 Å². The predicted molar refractivity (Wildman–Crippen MR) is 79.8 cm³/mol. The fraction of sp³-hybridized carbons (Fsp3) is 0.500.